The Balaban J connectivity index is 1.28. The van der Waals surface area contributed by atoms with Crippen LogP contribution in [0.4, 0.5) is 0 Å². The molecule has 0 spiro atoms. The van der Waals surface area contributed by atoms with Crippen molar-refractivity contribution in [3.05, 3.63) is 77.2 Å². The lowest BCUT2D eigenvalue weighted by molar-refractivity contribution is -0.150. The van der Waals surface area contributed by atoms with Crippen LogP contribution in [0.1, 0.15) is 5.76 Å². The van der Waals surface area contributed by atoms with E-state index >= 15 is 0 Å². The van der Waals surface area contributed by atoms with Crippen molar-refractivity contribution in [2.45, 2.75) is 16.3 Å². The number of hydrogen-bond acceptors (Lipinski definition) is 9. The number of carbonyl (C=O) groups excluding carboxylic acids is 2. The van der Waals surface area contributed by atoms with Gasteiger partial charge in [0.05, 0.1) is 6.26 Å². The van der Waals surface area contributed by atoms with E-state index in [1.54, 1.807) is 12.1 Å². The number of thioether (sulfide) groups is 2. The molecule has 2 N–H and O–H groups in total. The van der Waals surface area contributed by atoms with Gasteiger partial charge in [0, 0.05) is 26.3 Å². The average molecular weight is 550 g/mol. The summed E-state index contributed by atoms with van der Waals surface area (Å²) in [6, 6.07) is 15.5. The first-order chi connectivity index (χ1) is 18.5. The molecule has 6 rings (SSSR count). The number of carboxylic acids is 1. The van der Waals surface area contributed by atoms with Crippen LogP contribution in [0.5, 0.6) is 0 Å². The lowest BCUT2D eigenvalue weighted by Gasteiger charge is -2.49. The molecule has 1 fully saturated rings. The highest BCUT2D eigenvalue weighted by atomic mass is 32.2. The topological polar surface area (TPSA) is 135 Å². The monoisotopic (exact) mass is 549 g/mol. The number of furan rings is 2. The van der Waals surface area contributed by atoms with Crippen LogP contribution in [0.25, 0.3) is 21.9 Å². The molecular weight excluding hydrogens is 530 g/mol. The summed E-state index contributed by atoms with van der Waals surface area (Å²) in [5.41, 5.74) is 1.22. The maximum Gasteiger partial charge on any atom is 0.353 e. The molecule has 4 heterocycles. The third-order valence-corrected chi connectivity index (χ3v) is 8.78. The Morgan fingerprint density at radius 3 is 2.74 bits per heavy atom. The molecule has 2 amide bonds. The van der Waals surface area contributed by atoms with Gasteiger partial charge in [0.15, 0.2) is 5.76 Å². The molecule has 10 nitrogen and oxygen atoms in total. The lowest BCUT2D eigenvalue weighted by Crippen LogP contribution is -2.71. The molecule has 0 unspecified atom stereocenters. The average Bonchev–Trinajstić information content (AvgIpc) is 3.58. The number of aliphatic carboxylic acids is 1. The second kappa shape index (κ2) is 9.62. The second-order valence-electron chi connectivity index (χ2n) is 8.37. The van der Waals surface area contributed by atoms with E-state index in [0.29, 0.717) is 16.2 Å². The Kier molecular flexibility index (Phi) is 6.12. The molecule has 0 saturated carbocycles. The highest BCUT2D eigenvalue weighted by Crippen LogP contribution is 2.47. The Hall–Kier alpha value is -4.16. The number of fused-ring (bicyclic) bond motifs is 4. The number of nitrogens with one attached hydrogen (secondary N) is 1. The minimum absolute atomic E-state index is 0.0872. The van der Waals surface area contributed by atoms with Crippen molar-refractivity contribution < 1.29 is 33.2 Å². The van der Waals surface area contributed by atoms with Crippen LogP contribution in [0.2, 0.25) is 0 Å². The van der Waals surface area contributed by atoms with Crippen LogP contribution in [-0.4, -0.2) is 57.8 Å². The van der Waals surface area contributed by atoms with Gasteiger partial charge in [0.2, 0.25) is 5.71 Å². The standard InChI is InChI=1S/C26H19N3O7S2/c1-34-28-20(16-9-5-11-35-16)23(30)27-21-24(31)29-22(26(32)33)18(12-37-25(21)29)38-17-10-4-8-15-19(17)13-6-2-3-7-14(13)36-15/h2-11,21,25H,12H2,1H3,(H,27,30)(H,32,33)/t21-,25+/m1/s1. The molecule has 4 aromatic rings. The van der Waals surface area contributed by atoms with E-state index in [4.69, 9.17) is 13.7 Å². The molecular formula is C26H19N3O7S2. The number of benzene rings is 2. The summed E-state index contributed by atoms with van der Waals surface area (Å²) in [5, 5.41) is 17.7. The number of oxime groups is 1. The van der Waals surface area contributed by atoms with E-state index in [0.717, 1.165) is 21.3 Å². The van der Waals surface area contributed by atoms with E-state index < -0.39 is 29.2 Å². The van der Waals surface area contributed by atoms with Crippen molar-refractivity contribution >= 4 is 69.0 Å². The maximum absolute atomic E-state index is 13.1. The van der Waals surface area contributed by atoms with E-state index in [9.17, 15) is 19.5 Å². The van der Waals surface area contributed by atoms with E-state index in [-0.39, 0.29) is 17.2 Å². The molecule has 0 aliphatic carbocycles. The van der Waals surface area contributed by atoms with E-state index in [1.807, 2.05) is 42.5 Å². The van der Waals surface area contributed by atoms with Gasteiger partial charge in [-0.1, -0.05) is 41.2 Å². The van der Waals surface area contributed by atoms with Gasteiger partial charge < -0.3 is 24.1 Å². The first kappa shape index (κ1) is 24.2. The van der Waals surface area contributed by atoms with E-state index in [2.05, 4.69) is 10.5 Å². The Morgan fingerprint density at radius 1 is 1.16 bits per heavy atom. The summed E-state index contributed by atoms with van der Waals surface area (Å²) >= 11 is 2.68. The van der Waals surface area contributed by atoms with Crippen LogP contribution >= 0.6 is 23.5 Å². The number of hydrogen-bond donors (Lipinski definition) is 2. The summed E-state index contributed by atoms with van der Waals surface area (Å²) < 4.78 is 11.2. The van der Waals surface area contributed by atoms with Crippen molar-refractivity contribution in [2.24, 2.45) is 5.16 Å². The summed E-state index contributed by atoms with van der Waals surface area (Å²) in [6.45, 7) is 0. The zero-order valence-electron chi connectivity index (χ0n) is 19.7. The van der Waals surface area contributed by atoms with Crippen molar-refractivity contribution in [1.82, 2.24) is 10.2 Å². The van der Waals surface area contributed by atoms with Gasteiger partial charge in [-0.3, -0.25) is 14.5 Å². The van der Waals surface area contributed by atoms with Crippen molar-refractivity contribution in [3.8, 4) is 0 Å². The number of para-hydroxylation sites is 1. The number of β-lactam (4-membered cyclic amide) rings is 1. The first-order valence-electron chi connectivity index (χ1n) is 11.4. The number of nitrogens with zero attached hydrogens (tertiary/aromatic N) is 2. The molecule has 2 aliphatic heterocycles. The fourth-order valence-corrected chi connectivity index (χ4v) is 7.18. The summed E-state index contributed by atoms with van der Waals surface area (Å²) in [5.74, 6) is -1.88. The van der Waals surface area contributed by atoms with E-state index in [1.165, 1.54) is 41.8 Å². The smallest absolute Gasteiger partial charge is 0.353 e. The summed E-state index contributed by atoms with van der Waals surface area (Å²) in [6.07, 6.45) is 1.39. The number of carboxylic acid groups (broad SMARTS) is 1. The van der Waals surface area contributed by atoms with Gasteiger partial charge in [0.25, 0.3) is 11.8 Å². The summed E-state index contributed by atoms with van der Waals surface area (Å²) in [4.78, 5) is 45.7. The number of rotatable bonds is 7. The fraction of sp³-hybridized carbons (Fsp3) is 0.154. The van der Waals surface area contributed by atoms with Crippen LogP contribution in [0.15, 0.2) is 90.3 Å². The zero-order chi connectivity index (χ0) is 26.4. The van der Waals surface area contributed by atoms with Crippen LogP contribution in [0.3, 0.4) is 0 Å². The van der Waals surface area contributed by atoms with Crippen molar-refractivity contribution in [1.29, 1.82) is 0 Å². The van der Waals surface area contributed by atoms with Gasteiger partial charge in [-0.05, 0) is 30.3 Å². The Morgan fingerprint density at radius 2 is 1.97 bits per heavy atom. The predicted octanol–water partition coefficient (Wildman–Crippen LogP) is 4.02. The second-order valence-corrected chi connectivity index (χ2v) is 10.6. The Labute approximate surface area is 223 Å². The van der Waals surface area contributed by atoms with Crippen LogP contribution in [0, 0.1) is 0 Å². The van der Waals surface area contributed by atoms with Gasteiger partial charge in [-0.15, -0.1) is 11.8 Å². The fourth-order valence-electron chi connectivity index (χ4n) is 4.54. The lowest BCUT2D eigenvalue weighted by atomic mass is 10.0. The minimum atomic E-state index is -1.21. The maximum atomic E-state index is 13.1. The molecule has 2 aromatic carbocycles. The molecule has 2 aromatic heterocycles. The highest BCUT2D eigenvalue weighted by molar-refractivity contribution is 8.06. The third-order valence-electron chi connectivity index (χ3n) is 6.17. The van der Waals surface area contributed by atoms with Crippen molar-refractivity contribution in [3.63, 3.8) is 0 Å². The largest absolute Gasteiger partial charge is 0.477 e. The quantitative estimate of drug-likeness (QED) is 0.199. The zero-order valence-corrected chi connectivity index (χ0v) is 21.4. The van der Waals surface area contributed by atoms with Crippen LogP contribution < -0.4 is 5.32 Å². The SMILES string of the molecule is CON=C(C(=O)N[C@@H]1C(=O)N2C(C(=O)O)=C(Sc3cccc4oc5ccccc5c34)CS[C@@H]12)c1ccco1. The molecule has 1 saturated heterocycles. The minimum Gasteiger partial charge on any atom is -0.477 e. The normalized spacial score (nSPS) is 19.4. The number of amides is 2. The molecule has 2 aliphatic rings. The summed E-state index contributed by atoms with van der Waals surface area (Å²) in [7, 11) is 1.29. The van der Waals surface area contributed by atoms with Gasteiger partial charge in [0.1, 0.15) is 35.4 Å². The highest BCUT2D eigenvalue weighted by Gasteiger charge is 2.54. The molecule has 192 valence electrons. The molecule has 38 heavy (non-hydrogen) atoms. The van der Waals surface area contributed by atoms with Gasteiger partial charge in [-0.2, -0.15) is 0 Å². The molecule has 2 atom stereocenters. The van der Waals surface area contributed by atoms with Crippen LogP contribution in [-0.2, 0) is 19.2 Å². The molecule has 0 radical (unpaired) electrons. The third kappa shape index (κ3) is 3.92. The van der Waals surface area contributed by atoms with Crippen molar-refractivity contribution in [2.75, 3.05) is 12.9 Å². The number of carbonyl (C=O) groups is 3. The molecule has 0 bridgehead atoms. The molecule has 12 heteroatoms. The predicted molar refractivity (Wildman–Crippen MR) is 142 cm³/mol. The van der Waals surface area contributed by atoms with Gasteiger partial charge >= 0.3 is 5.97 Å². The Bertz CT molecular complexity index is 1660. The first-order valence-corrected chi connectivity index (χ1v) is 13.3. The van der Waals surface area contributed by atoms with Gasteiger partial charge in [-0.25, -0.2) is 4.79 Å².